The highest BCUT2D eigenvalue weighted by Crippen LogP contribution is 2.21. The molecule has 0 aliphatic rings. The summed E-state index contributed by atoms with van der Waals surface area (Å²) in [5.74, 6) is 0. The number of pyridine rings is 1. The highest BCUT2D eigenvalue weighted by molar-refractivity contribution is 7.80. The average Bonchev–Trinajstić information content (AvgIpc) is 2.48. The number of thiocarbonyl (C=S) groups is 1. The zero-order chi connectivity index (χ0) is 16.0. The minimum Gasteiger partial charge on any atom is -0.330 e. The molecule has 0 fully saturated rings. The maximum absolute atomic E-state index is 5.16. The van der Waals surface area contributed by atoms with Crippen LogP contribution in [-0.2, 0) is 5.41 Å². The van der Waals surface area contributed by atoms with Crippen LogP contribution in [0.1, 0.15) is 31.9 Å². The van der Waals surface area contributed by atoms with Crippen molar-refractivity contribution in [2.45, 2.75) is 26.2 Å². The number of benzene rings is 1. The van der Waals surface area contributed by atoms with Gasteiger partial charge < -0.3 is 5.32 Å². The third kappa shape index (κ3) is 4.93. The molecule has 114 valence electrons. The Morgan fingerprint density at radius 2 is 1.91 bits per heavy atom. The summed E-state index contributed by atoms with van der Waals surface area (Å²) < 4.78 is 0. The molecule has 1 heterocycles. The quantitative estimate of drug-likeness (QED) is 0.515. The van der Waals surface area contributed by atoms with E-state index in [2.05, 4.69) is 53.7 Å². The fraction of sp³-hybridized carbons (Fsp3) is 0.235. The van der Waals surface area contributed by atoms with Crippen LogP contribution in [0.2, 0.25) is 0 Å². The molecule has 0 spiro atoms. The first-order chi connectivity index (χ1) is 10.4. The summed E-state index contributed by atoms with van der Waals surface area (Å²) in [4.78, 5) is 4.01. The molecule has 0 bridgehead atoms. The average molecular weight is 312 g/mol. The van der Waals surface area contributed by atoms with Gasteiger partial charge in [0, 0.05) is 6.20 Å². The summed E-state index contributed by atoms with van der Waals surface area (Å²) in [5, 5.41) is 7.56. The maximum Gasteiger partial charge on any atom is 0.191 e. The molecule has 0 saturated heterocycles. The van der Waals surface area contributed by atoms with Gasteiger partial charge in [-0.05, 0) is 40.9 Å². The van der Waals surface area contributed by atoms with Gasteiger partial charge in [-0.3, -0.25) is 10.4 Å². The van der Waals surface area contributed by atoms with Gasteiger partial charge in [-0.15, -0.1) is 0 Å². The van der Waals surface area contributed by atoms with Gasteiger partial charge in [-0.25, -0.2) is 0 Å². The lowest BCUT2D eigenvalue weighted by molar-refractivity contribution is 0.590. The van der Waals surface area contributed by atoms with Crippen LogP contribution in [0.25, 0.3) is 0 Å². The first-order valence-corrected chi connectivity index (χ1v) is 7.46. The van der Waals surface area contributed by atoms with Gasteiger partial charge in [0.15, 0.2) is 5.11 Å². The molecule has 0 amide bonds. The Hall–Kier alpha value is -2.27. The van der Waals surface area contributed by atoms with Gasteiger partial charge in [0.25, 0.3) is 0 Å². The van der Waals surface area contributed by atoms with E-state index in [9.17, 15) is 0 Å². The van der Waals surface area contributed by atoms with Gasteiger partial charge in [0.2, 0.25) is 0 Å². The van der Waals surface area contributed by atoms with E-state index in [1.165, 1.54) is 5.56 Å². The molecule has 0 radical (unpaired) electrons. The topological polar surface area (TPSA) is 49.3 Å². The first-order valence-electron chi connectivity index (χ1n) is 7.06. The molecule has 2 N–H and O–H groups in total. The number of hydrazone groups is 1. The minimum atomic E-state index is 0.156. The number of rotatable bonds is 3. The number of hydrogen-bond donors (Lipinski definition) is 2. The highest BCUT2D eigenvalue weighted by atomic mass is 32.1. The van der Waals surface area contributed by atoms with E-state index in [1.807, 2.05) is 24.3 Å². The van der Waals surface area contributed by atoms with Gasteiger partial charge in [-0.2, -0.15) is 5.10 Å². The van der Waals surface area contributed by atoms with Crippen LogP contribution >= 0.6 is 12.2 Å². The second-order valence-electron chi connectivity index (χ2n) is 5.94. The predicted molar refractivity (Wildman–Crippen MR) is 96.3 cm³/mol. The molecular weight excluding hydrogens is 292 g/mol. The monoisotopic (exact) mass is 312 g/mol. The molecule has 1 aromatic carbocycles. The normalized spacial score (nSPS) is 11.4. The number of nitrogens with zero attached hydrogens (tertiary/aromatic N) is 2. The molecule has 2 rings (SSSR count). The molecule has 22 heavy (non-hydrogen) atoms. The van der Waals surface area contributed by atoms with E-state index in [4.69, 9.17) is 12.2 Å². The molecule has 0 atom stereocenters. The largest absolute Gasteiger partial charge is 0.330 e. The summed E-state index contributed by atoms with van der Waals surface area (Å²) >= 11 is 5.16. The number of aromatic nitrogens is 1. The van der Waals surface area contributed by atoms with Crippen LogP contribution in [0, 0.1) is 0 Å². The third-order valence-corrected chi connectivity index (χ3v) is 3.27. The number of anilines is 1. The minimum absolute atomic E-state index is 0.156. The maximum atomic E-state index is 5.16. The van der Waals surface area contributed by atoms with Crippen LogP contribution in [0.5, 0.6) is 0 Å². The summed E-state index contributed by atoms with van der Waals surface area (Å²) in [6.07, 6.45) is 5.15. The van der Waals surface area contributed by atoms with Crippen molar-refractivity contribution in [1.82, 2.24) is 10.4 Å². The zero-order valence-electron chi connectivity index (χ0n) is 13.0. The Labute approximate surface area is 136 Å². The molecule has 0 unspecified atom stereocenters. The van der Waals surface area contributed by atoms with Crippen LogP contribution in [0.15, 0.2) is 53.9 Å². The second kappa shape index (κ2) is 7.13. The van der Waals surface area contributed by atoms with E-state index in [1.54, 1.807) is 18.6 Å². The van der Waals surface area contributed by atoms with E-state index in [-0.39, 0.29) is 5.41 Å². The smallest absolute Gasteiger partial charge is 0.191 e. The van der Waals surface area contributed by atoms with Crippen molar-refractivity contribution in [1.29, 1.82) is 0 Å². The predicted octanol–water partition coefficient (Wildman–Crippen LogP) is 3.70. The van der Waals surface area contributed by atoms with Crippen LogP contribution in [0.4, 0.5) is 5.69 Å². The van der Waals surface area contributed by atoms with Crippen molar-refractivity contribution in [2.75, 3.05) is 5.32 Å². The molecule has 1 aromatic heterocycles. The molecule has 0 aliphatic carbocycles. The van der Waals surface area contributed by atoms with Gasteiger partial charge >= 0.3 is 0 Å². The van der Waals surface area contributed by atoms with E-state index < -0.39 is 0 Å². The fourth-order valence-corrected chi connectivity index (χ4v) is 2.00. The molecule has 0 aliphatic heterocycles. The van der Waals surface area contributed by atoms with Gasteiger partial charge in [0.1, 0.15) is 0 Å². The molecule has 4 nitrogen and oxygen atoms in total. The Morgan fingerprint density at radius 3 is 2.50 bits per heavy atom. The molecule has 5 heteroatoms. The standard InChI is InChI=1S/C17H20N4S/c1-17(2,3)14-8-6-13(7-9-14)11-19-21-16(22)20-15-5-4-10-18-12-15/h4-12H,1-3H3,(H2,20,21,22)/b19-11-. The van der Waals surface area contributed by atoms with Crippen molar-refractivity contribution >= 4 is 29.2 Å². The second-order valence-corrected chi connectivity index (χ2v) is 6.35. The first kappa shape index (κ1) is 16.1. The van der Waals surface area contributed by atoms with E-state index >= 15 is 0 Å². The summed E-state index contributed by atoms with van der Waals surface area (Å²) in [6.45, 7) is 6.58. The summed E-state index contributed by atoms with van der Waals surface area (Å²) in [7, 11) is 0. The van der Waals surface area contributed by atoms with Crippen LogP contribution in [0.3, 0.4) is 0 Å². The summed E-state index contributed by atoms with van der Waals surface area (Å²) in [5.41, 5.74) is 6.08. The number of nitrogens with one attached hydrogen (secondary N) is 2. The molecular formula is C17H20N4S. The van der Waals surface area contributed by atoms with Crippen molar-refractivity contribution < 1.29 is 0 Å². The van der Waals surface area contributed by atoms with Crippen molar-refractivity contribution in [2.24, 2.45) is 5.10 Å². The van der Waals surface area contributed by atoms with Crippen LogP contribution < -0.4 is 10.7 Å². The third-order valence-electron chi connectivity index (χ3n) is 3.08. The van der Waals surface area contributed by atoms with E-state index in [0.29, 0.717) is 5.11 Å². The SMILES string of the molecule is CC(C)(C)c1ccc(/C=N\NC(=S)Nc2cccnc2)cc1. The van der Waals surface area contributed by atoms with Crippen molar-refractivity contribution in [3.8, 4) is 0 Å². The summed E-state index contributed by atoms with van der Waals surface area (Å²) in [6, 6.07) is 12.1. The lowest BCUT2D eigenvalue weighted by atomic mass is 9.87. The van der Waals surface area contributed by atoms with E-state index in [0.717, 1.165) is 11.3 Å². The molecule has 2 aromatic rings. The Bertz CT molecular complexity index is 643. The lowest BCUT2D eigenvalue weighted by Crippen LogP contribution is -2.23. The Balaban J connectivity index is 1.88. The molecule has 0 saturated carbocycles. The van der Waals surface area contributed by atoms with Crippen molar-refractivity contribution in [3.63, 3.8) is 0 Å². The number of hydrogen-bond acceptors (Lipinski definition) is 3. The van der Waals surface area contributed by atoms with Crippen LogP contribution in [-0.4, -0.2) is 16.3 Å². The highest BCUT2D eigenvalue weighted by Gasteiger charge is 2.12. The lowest BCUT2D eigenvalue weighted by Gasteiger charge is -2.18. The zero-order valence-corrected chi connectivity index (χ0v) is 13.8. The Kier molecular flexibility index (Phi) is 5.22. The Morgan fingerprint density at radius 1 is 1.18 bits per heavy atom. The fourth-order valence-electron chi connectivity index (χ4n) is 1.83. The van der Waals surface area contributed by atoms with Gasteiger partial charge in [-0.1, -0.05) is 45.0 Å². The van der Waals surface area contributed by atoms with Crippen molar-refractivity contribution in [3.05, 3.63) is 59.9 Å². The van der Waals surface area contributed by atoms with Gasteiger partial charge in [0.05, 0.1) is 18.1 Å².